The Hall–Kier alpha value is -3.22. The van der Waals surface area contributed by atoms with Crippen molar-refractivity contribution in [3.63, 3.8) is 0 Å². The van der Waals surface area contributed by atoms with Gasteiger partial charge in [0.25, 0.3) is 5.91 Å². The van der Waals surface area contributed by atoms with Gasteiger partial charge in [0.1, 0.15) is 11.8 Å². The van der Waals surface area contributed by atoms with E-state index < -0.39 is 6.04 Å². The molecular weight excluding hydrogens is 308 g/mol. The van der Waals surface area contributed by atoms with E-state index in [0.717, 1.165) is 11.3 Å². The first kappa shape index (κ1) is 15.7. The number of amides is 1. The fourth-order valence-corrected chi connectivity index (χ4v) is 2.11. The van der Waals surface area contributed by atoms with Crippen LogP contribution in [0, 0.1) is 0 Å². The third-order valence-corrected chi connectivity index (χ3v) is 3.43. The van der Waals surface area contributed by atoms with E-state index in [-0.39, 0.29) is 5.91 Å². The van der Waals surface area contributed by atoms with Crippen molar-refractivity contribution in [2.75, 3.05) is 7.11 Å². The summed E-state index contributed by atoms with van der Waals surface area (Å²) in [5.41, 5.74) is 1.27. The molecule has 7 heteroatoms. The molecule has 0 saturated heterocycles. The van der Waals surface area contributed by atoms with E-state index in [1.807, 2.05) is 24.3 Å². The molecule has 1 atom stereocenters. The first-order chi connectivity index (χ1) is 11.7. The molecule has 0 unspecified atom stereocenters. The van der Waals surface area contributed by atoms with Crippen LogP contribution < -0.4 is 10.1 Å². The molecule has 1 amide bonds. The molecule has 0 radical (unpaired) electrons. The average Bonchev–Trinajstić information content (AvgIpc) is 3.13. The van der Waals surface area contributed by atoms with Crippen LogP contribution in [-0.4, -0.2) is 28.1 Å². The number of pyridine rings is 1. The fraction of sp³-hybridized carbons (Fsp3) is 0.176. The number of ether oxygens (including phenoxy) is 1. The topological polar surface area (TPSA) is 90.1 Å². The van der Waals surface area contributed by atoms with Gasteiger partial charge < -0.3 is 14.6 Å². The lowest BCUT2D eigenvalue weighted by Crippen LogP contribution is -2.26. The molecule has 0 bridgehead atoms. The van der Waals surface area contributed by atoms with Crippen molar-refractivity contribution in [2.45, 2.75) is 13.0 Å². The number of hydrogen-bond acceptors (Lipinski definition) is 6. The number of rotatable bonds is 5. The fourth-order valence-electron chi connectivity index (χ4n) is 2.11. The number of methoxy groups -OCH3 is 1. The molecule has 1 aromatic carbocycles. The number of aromatic nitrogens is 3. The van der Waals surface area contributed by atoms with Crippen molar-refractivity contribution in [1.82, 2.24) is 20.4 Å². The lowest BCUT2D eigenvalue weighted by Gasteiger charge is -2.09. The largest absolute Gasteiger partial charge is 0.497 e. The van der Waals surface area contributed by atoms with E-state index in [2.05, 4.69) is 20.4 Å². The minimum atomic E-state index is -0.419. The smallest absolute Gasteiger partial charge is 0.253 e. The van der Waals surface area contributed by atoms with Crippen LogP contribution in [0.15, 0.2) is 53.3 Å². The number of benzene rings is 1. The number of nitrogens with one attached hydrogen (secondary N) is 1. The number of carbonyl (C=O) groups is 1. The predicted octanol–water partition coefficient (Wildman–Crippen LogP) is 2.63. The minimum absolute atomic E-state index is 0.250. The molecule has 2 aromatic heterocycles. The second-order valence-corrected chi connectivity index (χ2v) is 5.12. The molecule has 0 aliphatic rings. The van der Waals surface area contributed by atoms with Crippen molar-refractivity contribution in [3.8, 4) is 17.1 Å². The van der Waals surface area contributed by atoms with E-state index in [4.69, 9.17) is 9.26 Å². The zero-order chi connectivity index (χ0) is 16.9. The Balaban J connectivity index is 1.71. The van der Waals surface area contributed by atoms with Crippen LogP contribution in [-0.2, 0) is 0 Å². The third-order valence-electron chi connectivity index (χ3n) is 3.43. The third kappa shape index (κ3) is 3.40. The summed E-state index contributed by atoms with van der Waals surface area (Å²) in [7, 11) is 1.61. The minimum Gasteiger partial charge on any atom is -0.497 e. The Morgan fingerprint density at radius 2 is 2.04 bits per heavy atom. The number of nitrogens with zero attached hydrogens (tertiary/aromatic N) is 3. The van der Waals surface area contributed by atoms with E-state index in [9.17, 15) is 4.79 Å². The predicted molar refractivity (Wildman–Crippen MR) is 86.4 cm³/mol. The van der Waals surface area contributed by atoms with E-state index >= 15 is 0 Å². The quantitative estimate of drug-likeness (QED) is 0.776. The molecule has 1 N–H and O–H groups in total. The maximum atomic E-state index is 12.1. The molecule has 0 saturated carbocycles. The summed E-state index contributed by atoms with van der Waals surface area (Å²) in [5.74, 6) is 1.28. The summed E-state index contributed by atoms with van der Waals surface area (Å²) >= 11 is 0. The number of hydrogen-bond donors (Lipinski definition) is 1. The van der Waals surface area contributed by atoms with Gasteiger partial charge in [-0.05, 0) is 43.3 Å². The lowest BCUT2D eigenvalue weighted by atomic mass is 10.2. The van der Waals surface area contributed by atoms with Gasteiger partial charge >= 0.3 is 0 Å². The highest BCUT2D eigenvalue weighted by molar-refractivity contribution is 5.93. The number of carbonyl (C=O) groups excluding carboxylic acids is 1. The molecule has 0 aliphatic carbocycles. The maximum Gasteiger partial charge on any atom is 0.253 e. The maximum absolute atomic E-state index is 12.1. The molecular formula is C17H16N4O3. The summed E-state index contributed by atoms with van der Waals surface area (Å²) in [4.78, 5) is 20.4. The molecule has 0 fully saturated rings. The molecule has 0 aliphatic heterocycles. The van der Waals surface area contributed by atoms with Crippen molar-refractivity contribution < 1.29 is 14.1 Å². The summed E-state index contributed by atoms with van der Waals surface area (Å²) in [6.07, 6.45) is 3.11. The second kappa shape index (κ2) is 6.91. The molecule has 3 aromatic rings. The Morgan fingerprint density at radius 3 is 2.71 bits per heavy atom. The summed E-state index contributed by atoms with van der Waals surface area (Å²) in [5, 5.41) is 6.75. The Bertz CT molecular complexity index is 815. The highest BCUT2D eigenvalue weighted by Gasteiger charge is 2.18. The second-order valence-electron chi connectivity index (χ2n) is 5.12. The van der Waals surface area contributed by atoms with Gasteiger partial charge in [-0.15, -0.1) is 0 Å². The van der Waals surface area contributed by atoms with Crippen LogP contribution in [0.3, 0.4) is 0 Å². The summed E-state index contributed by atoms with van der Waals surface area (Å²) in [6.45, 7) is 1.78. The normalized spacial score (nSPS) is 11.8. The average molecular weight is 324 g/mol. The van der Waals surface area contributed by atoms with Crippen LogP contribution in [0.2, 0.25) is 0 Å². The van der Waals surface area contributed by atoms with E-state index in [1.165, 1.54) is 6.20 Å². The Kier molecular flexibility index (Phi) is 4.51. The first-order valence-electron chi connectivity index (χ1n) is 7.36. The van der Waals surface area contributed by atoms with Crippen molar-refractivity contribution >= 4 is 5.91 Å². The van der Waals surface area contributed by atoms with Crippen LogP contribution >= 0.6 is 0 Å². The SMILES string of the molecule is COc1ccc(-c2noc([C@@H](C)NC(=O)c3cccnc3)n2)cc1. The van der Waals surface area contributed by atoms with Gasteiger partial charge in [-0.25, -0.2) is 0 Å². The van der Waals surface area contributed by atoms with E-state index in [1.54, 1.807) is 32.4 Å². The van der Waals surface area contributed by atoms with Gasteiger partial charge in [-0.3, -0.25) is 9.78 Å². The van der Waals surface area contributed by atoms with Crippen molar-refractivity contribution in [3.05, 3.63) is 60.2 Å². The van der Waals surface area contributed by atoms with Gasteiger partial charge in [-0.1, -0.05) is 5.16 Å². The van der Waals surface area contributed by atoms with Gasteiger partial charge in [0.15, 0.2) is 0 Å². The van der Waals surface area contributed by atoms with Gasteiger partial charge in [0.2, 0.25) is 11.7 Å². The zero-order valence-electron chi connectivity index (χ0n) is 13.3. The Morgan fingerprint density at radius 1 is 1.25 bits per heavy atom. The molecule has 3 rings (SSSR count). The van der Waals surface area contributed by atoms with Crippen LogP contribution in [0.5, 0.6) is 5.75 Å². The molecule has 7 nitrogen and oxygen atoms in total. The van der Waals surface area contributed by atoms with Gasteiger partial charge in [0, 0.05) is 18.0 Å². The van der Waals surface area contributed by atoms with Crippen LogP contribution in [0.4, 0.5) is 0 Å². The molecule has 122 valence electrons. The van der Waals surface area contributed by atoms with Crippen LogP contribution in [0.25, 0.3) is 11.4 Å². The Labute approximate surface area is 138 Å². The van der Waals surface area contributed by atoms with Crippen LogP contribution in [0.1, 0.15) is 29.2 Å². The monoisotopic (exact) mass is 324 g/mol. The van der Waals surface area contributed by atoms with Crippen molar-refractivity contribution in [2.24, 2.45) is 0 Å². The lowest BCUT2D eigenvalue weighted by molar-refractivity contribution is 0.0932. The summed E-state index contributed by atoms with van der Waals surface area (Å²) < 4.78 is 10.4. The summed E-state index contributed by atoms with van der Waals surface area (Å²) in [6, 6.07) is 10.3. The highest BCUT2D eigenvalue weighted by atomic mass is 16.5. The molecule has 2 heterocycles. The highest BCUT2D eigenvalue weighted by Crippen LogP contribution is 2.21. The standard InChI is InChI=1S/C17H16N4O3/c1-11(19-16(22)13-4-3-9-18-10-13)17-20-15(21-24-17)12-5-7-14(23-2)8-6-12/h3-11H,1-2H3,(H,19,22)/t11-/m1/s1. The van der Waals surface area contributed by atoms with Crippen molar-refractivity contribution in [1.29, 1.82) is 0 Å². The molecule has 24 heavy (non-hydrogen) atoms. The van der Waals surface area contributed by atoms with Gasteiger partial charge in [-0.2, -0.15) is 4.98 Å². The zero-order valence-corrected chi connectivity index (χ0v) is 13.3. The molecule has 0 spiro atoms. The first-order valence-corrected chi connectivity index (χ1v) is 7.36. The van der Waals surface area contributed by atoms with Gasteiger partial charge in [0.05, 0.1) is 12.7 Å². The van der Waals surface area contributed by atoms with E-state index in [0.29, 0.717) is 17.3 Å².